The summed E-state index contributed by atoms with van der Waals surface area (Å²) in [6.07, 6.45) is 0. The third-order valence-electron chi connectivity index (χ3n) is 6.28. The summed E-state index contributed by atoms with van der Waals surface area (Å²) in [6.45, 7) is 9.39. The molecule has 3 aromatic carbocycles. The number of aliphatic hydroxyl groups is 2. The van der Waals surface area contributed by atoms with E-state index in [-0.39, 0.29) is 31.9 Å². The van der Waals surface area contributed by atoms with Gasteiger partial charge in [-0.25, -0.2) is 4.85 Å². The number of aliphatic hydroxyl groups excluding tert-OH is 2. The Morgan fingerprint density at radius 3 is 2.37 bits per heavy atom. The highest BCUT2D eigenvalue weighted by Gasteiger charge is 2.33. The van der Waals surface area contributed by atoms with Crippen LogP contribution in [0.1, 0.15) is 23.2 Å². The Morgan fingerprint density at radius 2 is 1.74 bits per heavy atom. The maximum absolute atomic E-state index is 10.3. The minimum Gasteiger partial charge on any atom is -0.491 e. The molecule has 0 amide bonds. The van der Waals surface area contributed by atoms with E-state index >= 15 is 0 Å². The zero-order valence-electron chi connectivity index (χ0n) is 19.1. The first-order chi connectivity index (χ1) is 17.0. The van der Waals surface area contributed by atoms with Crippen LogP contribution in [-0.2, 0) is 0 Å². The highest BCUT2D eigenvalue weighted by molar-refractivity contribution is 6.33. The van der Waals surface area contributed by atoms with E-state index in [1.54, 1.807) is 18.2 Å². The second-order valence-corrected chi connectivity index (χ2v) is 9.19. The molecule has 4 rings (SSSR count). The van der Waals surface area contributed by atoms with E-state index in [2.05, 4.69) is 14.6 Å². The van der Waals surface area contributed by atoms with Crippen molar-refractivity contribution in [3.8, 4) is 5.75 Å². The average Bonchev–Trinajstić information content (AvgIpc) is 2.89. The minimum atomic E-state index is -0.184. The van der Waals surface area contributed by atoms with Crippen molar-refractivity contribution in [3.05, 3.63) is 99.3 Å². The molecular formula is C27H27Cl2N3O3. The zero-order chi connectivity index (χ0) is 24.8. The van der Waals surface area contributed by atoms with Crippen molar-refractivity contribution in [1.82, 2.24) is 4.90 Å². The van der Waals surface area contributed by atoms with Gasteiger partial charge < -0.3 is 19.8 Å². The Morgan fingerprint density at radius 1 is 1.00 bits per heavy atom. The molecule has 35 heavy (non-hydrogen) atoms. The van der Waals surface area contributed by atoms with E-state index < -0.39 is 0 Å². The van der Waals surface area contributed by atoms with Crippen molar-refractivity contribution in [3.63, 3.8) is 0 Å². The van der Waals surface area contributed by atoms with E-state index in [0.29, 0.717) is 34.6 Å². The highest BCUT2D eigenvalue weighted by Crippen LogP contribution is 2.39. The molecule has 1 aliphatic heterocycles. The Balaban J connectivity index is 1.64. The lowest BCUT2D eigenvalue weighted by Crippen LogP contribution is -2.50. The summed E-state index contributed by atoms with van der Waals surface area (Å²) in [7, 11) is 0. The number of nitrogens with zero attached hydrogens (tertiary/aromatic N) is 3. The molecule has 0 bridgehead atoms. The summed E-state index contributed by atoms with van der Waals surface area (Å²) in [5.41, 5.74) is 3.54. The lowest BCUT2D eigenvalue weighted by atomic mass is 9.98. The van der Waals surface area contributed by atoms with Crippen molar-refractivity contribution in [2.45, 2.75) is 12.1 Å². The van der Waals surface area contributed by atoms with Crippen LogP contribution in [0.5, 0.6) is 5.75 Å². The third kappa shape index (κ3) is 5.90. The summed E-state index contributed by atoms with van der Waals surface area (Å²) in [5, 5.41) is 20.6. The first-order valence-corrected chi connectivity index (χ1v) is 12.2. The van der Waals surface area contributed by atoms with Gasteiger partial charge in [-0.15, -0.1) is 0 Å². The van der Waals surface area contributed by atoms with E-state index in [1.807, 2.05) is 48.5 Å². The molecule has 8 heteroatoms. The molecule has 0 spiro atoms. The van der Waals surface area contributed by atoms with E-state index in [9.17, 15) is 5.11 Å². The van der Waals surface area contributed by atoms with Gasteiger partial charge in [0.25, 0.3) is 0 Å². The smallest absolute Gasteiger partial charge is 0.187 e. The molecule has 0 aliphatic carbocycles. The van der Waals surface area contributed by atoms with Crippen LogP contribution in [0.4, 0.5) is 11.4 Å². The topological polar surface area (TPSA) is 60.5 Å². The van der Waals surface area contributed by atoms with Gasteiger partial charge in [0.1, 0.15) is 12.4 Å². The van der Waals surface area contributed by atoms with Crippen LogP contribution >= 0.6 is 23.2 Å². The first-order valence-electron chi connectivity index (χ1n) is 11.4. The van der Waals surface area contributed by atoms with Gasteiger partial charge in [0.05, 0.1) is 42.6 Å². The quantitative estimate of drug-likeness (QED) is 0.390. The molecule has 0 aromatic heterocycles. The van der Waals surface area contributed by atoms with Crippen LogP contribution in [0.2, 0.25) is 10.0 Å². The van der Waals surface area contributed by atoms with Crippen LogP contribution < -0.4 is 9.64 Å². The molecule has 0 unspecified atom stereocenters. The van der Waals surface area contributed by atoms with Gasteiger partial charge in [-0.1, -0.05) is 59.6 Å². The molecule has 182 valence electrons. The zero-order valence-corrected chi connectivity index (χ0v) is 20.7. The van der Waals surface area contributed by atoms with Crippen LogP contribution in [0.3, 0.4) is 0 Å². The maximum Gasteiger partial charge on any atom is 0.187 e. The SMILES string of the molecule is [C-]#[N+]c1ccc([C@H](CO)N2CCN(c3ccc(OCCO)cc3Cl)[C@H](c3ccc(Cl)cc3)C2)cc1. The lowest BCUT2D eigenvalue weighted by molar-refractivity contribution is 0.103. The van der Waals surface area contributed by atoms with Crippen molar-refractivity contribution >= 4 is 34.6 Å². The number of rotatable bonds is 8. The van der Waals surface area contributed by atoms with Gasteiger partial charge in [-0.3, -0.25) is 4.90 Å². The van der Waals surface area contributed by atoms with E-state index in [4.69, 9.17) is 39.6 Å². The summed E-state index contributed by atoms with van der Waals surface area (Å²) in [5.74, 6) is 0.609. The second-order valence-electron chi connectivity index (χ2n) is 8.34. The number of piperazine rings is 1. The molecule has 1 fully saturated rings. The summed E-state index contributed by atoms with van der Waals surface area (Å²) < 4.78 is 5.51. The van der Waals surface area contributed by atoms with Crippen molar-refractivity contribution in [1.29, 1.82) is 0 Å². The molecule has 1 saturated heterocycles. The minimum absolute atomic E-state index is 0.0254. The van der Waals surface area contributed by atoms with E-state index in [0.717, 1.165) is 23.4 Å². The molecule has 3 aromatic rings. The number of hydrogen-bond acceptors (Lipinski definition) is 5. The fourth-order valence-corrected chi connectivity index (χ4v) is 4.93. The van der Waals surface area contributed by atoms with Crippen LogP contribution in [0, 0.1) is 6.57 Å². The first kappa shape index (κ1) is 25.3. The predicted octanol–water partition coefficient (Wildman–Crippen LogP) is 5.51. The Kier molecular flexibility index (Phi) is 8.50. The Bertz CT molecular complexity index is 1170. The third-order valence-corrected chi connectivity index (χ3v) is 6.83. The molecule has 2 N–H and O–H groups in total. The lowest BCUT2D eigenvalue weighted by Gasteiger charge is -2.46. The largest absolute Gasteiger partial charge is 0.491 e. The molecule has 0 saturated carbocycles. The van der Waals surface area contributed by atoms with E-state index in [1.165, 1.54) is 0 Å². The fourth-order valence-electron chi connectivity index (χ4n) is 4.52. The standard InChI is InChI=1S/C27H27Cl2N3O3/c1-30-22-8-4-20(5-9-22)27(18-34)31-12-13-32(26(17-31)19-2-6-21(28)7-3-19)25-11-10-23(16-24(25)29)35-15-14-33/h2-11,16,26-27,33-34H,12-15,17-18H2/t26-,27-/m0/s1. The van der Waals surface area contributed by atoms with Gasteiger partial charge in [-0.05, 0) is 35.4 Å². The van der Waals surface area contributed by atoms with Gasteiger partial charge in [0.15, 0.2) is 5.69 Å². The van der Waals surface area contributed by atoms with Gasteiger partial charge in [0, 0.05) is 30.7 Å². The van der Waals surface area contributed by atoms with Crippen LogP contribution in [0.15, 0.2) is 66.7 Å². The maximum atomic E-state index is 10.3. The van der Waals surface area contributed by atoms with Crippen LogP contribution in [0.25, 0.3) is 4.85 Å². The van der Waals surface area contributed by atoms with Crippen molar-refractivity contribution < 1.29 is 14.9 Å². The van der Waals surface area contributed by atoms with Crippen molar-refractivity contribution in [2.24, 2.45) is 0 Å². The number of anilines is 1. The summed E-state index contributed by atoms with van der Waals surface area (Å²) in [6, 6.07) is 20.6. The number of ether oxygens (including phenoxy) is 1. The van der Waals surface area contributed by atoms with Crippen LogP contribution in [-0.4, -0.2) is 54.6 Å². The second kappa shape index (κ2) is 11.8. The number of halogens is 2. The molecule has 1 aliphatic rings. The highest BCUT2D eigenvalue weighted by atomic mass is 35.5. The molecule has 2 atom stereocenters. The Hall–Kier alpha value is -2.79. The fraction of sp³-hybridized carbons (Fsp3) is 0.296. The Labute approximate surface area is 215 Å². The average molecular weight is 512 g/mol. The van der Waals surface area contributed by atoms with Gasteiger partial charge in [-0.2, -0.15) is 0 Å². The van der Waals surface area contributed by atoms with Gasteiger partial charge in [0.2, 0.25) is 0 Å². The molecule has 0 radical (unpaired) electrons. The normalized spacial score (nSPS) is 17.1. The molecular weight excluding hydrogens is 485 g/mol. The van der Waals surface area contributed by atoms with Gasteiger partial charge >= 0.3 is 0 Å². The number of hydrogen-bond donors (Lipinski definition) is 2. The molecule has 1 heterocycles. The molecule has 6 nitrogen and oxygen atoms in total. The number of benzene rings is 3. The monoisotopic (exact) mass is 511 g/mol. The van der Waals surface area contributed by atoms with Crippen molar-refractivity contribution in [2.75, 3.05) is 44.4 Å². The summed E-state index contributed by atoms with van der Waals surface area (Å²) >= 11 is 12.9. The summed E-state index contributed by atoms with van der Waals surface area (Å²) in [4.78, 5) is 8.01. The predicted molar refractivity (Wildman–Crippen MR) is 140 cm³/mol.